The average Bonchev–Trinajstić information content (AvgIpc) is 2.71. The number of nitrogens with one attached hydrogen (secondary N) is 1. The molecule has 0 fully saturated rings. The maximum Gasteiger partial charge on any atom is 0.180 e. The first-order valence-electron chi connectivity index (χ1n) is 9.09. The van der Waals surface area contributed by atoms with Gasteiger partial charge in [0.2, 0.25) is 0 Å². The van der Waals surface area contributed by atoms with Crippen molar-refractivity contribution < 1.29 is 9.47 Å². The van der Waals surface area contributed by atoms with Gasteiger partial charge in [-0.25, -0.2) is 0 Å². The van der Waals surface area contributed by atoms with Crippen molar-refractivity contribution in [3.05, 3.63) is 93.5 Å². The Hall–Kier alpha value is -2.20. The molecule has 0 amide bonds. The highest BCUT2D eigenvalue weighted by Gasteiger charge is 2.13. The van der Waals surface area contributed by atoms with Crippen molar-refractivity contribution in [2.24, 2.45) is 0 Å². The van der Waals surface area contributed by atoms with Crippen molar-refractivity contribution in [1.29, 1.82) is 0 Å². The number of hydrogen-bond donors (Lipinski definition) is 1. The summed E-state index contributed by atoms with van der Waals surface area (Å²) in [6, 6.07) is 21.9. The molecule has 1 N–H and O–H groups in total. The first kappa shape index (κ1) is 20.5. The van der Waals surface area contributed by atoms with E-state index < -0.39 is 0 Å². The lowest BCUT2D eigenvalue weighted by atomic mass is 10.1. The largest absolute Gasteiger partial charge is 0.493 e. The third-order valence-corrected chi connectivity index (χ3v) is 4.99. The zero-order chi connectivity index (χ0) is 19.9. The van der Waals surface area contributed by atoms with Gasteiger partial charge in [-0.15, -0.1) is 0 Å². The van der Waals surface area contributed by atoms with E-state index in [9.17, 15) is 0 Å². The van der Waals surface area contributed by atoms with Crippen molar-refractivity contribution in [3.8, 4) is 11.5 Å². The molecule has 0 aliphatic heterocycles. The number of benzene rings is 3. The lowest BCUT2D eigenvalue weighted by molar-refractivity contribution is 0.284. The predicted octanol–water partition coefficient (Wildman–Crippen LogP) is 6.43. The van der Waals surface area contributed by atoms with Gasteiger partial charge in [0.1, 0.15) is 6.61 Å². The Morgan fingerprint density at radius 3 is 2.43 bits per heavy atom. The van der Waals surface area contributed by atoms with Crippen molar-refractivity contribution in [3.63, 3.8) is 0 Å². The van der Waals surface area contributed by atoms with E-state index >= 15 is 0 Å². The zero-order valence-corrected chi connectivity index (χ0v) is 17.4. The summed E-state index contributed by atoms with van der Waals surface area (Å²) in [5.74, 6) is 1.14. The van der Waals surface area contributed by atoms with Gasteiger partial charge in [-0.05, 0) is 47.9 Å². The van der Waals surface area contributed by atoms with Crippen LogP contribution in [0.25, 0.3) is 0 Å². The summed E-state index contributed by atoms with van der Waals surface area (Å²) in [6.45, 7) is 3.16. The highest BCUT2D eigenvalue weighted by molar-refractivity contribution is 6.32. The van der Waals surface area contributed by atoms with E-state index in [2.05, 4.69) is 24.4 Å². The minimum atomic E-state index is 0.227. The van der Waals surface area contributed by atoms with Crippen molar-refractivity contribution in [2.45, 2.75) is 26.1 Å². The van der Waals surface area contributed by atoms with E-state index in [4.69, 9.17) is 32.7 Å². The maximum absolute atomic E-state index is 6.48. The highest BCUT2D eigenvalue weighted by Crippen LogP contribution is 2.37. The first-order chi connectivity index (χ1) is 13.6. The number of rotatable bonds is 8. The molecule has 28 heavy (non-hydrogen) atoms. The fraction of sp³-hybridized carbons (Fsp3) is 0.217. The Kier molecular flexibility index (Phi) is 7.21. The van der Waals surface area contributed by atoms with Crippen molar-refractivity contribution >= 4 is 23.2 Å². The van der Waals surface area contributed by atoms with Gasteiger partial charge in [-0.3, -0.25) is 0 Å². The second kappa shape index (κ2) is 9.83. The molecule has 0 heterocycles. The van der Waals surface area contributed by atoms with Crippen LogP contribution >= 0.6 is 23.2 Å². The van der Waals surface area contributed by atoms with Gasteiger partial charge in [-0.2, -0.15) is 0 Å². The molecule has 0 aromatic heterocycles. The Morgan fingerprint density at radius 2 is 1.71 bits per heavy atom. The number of ether oxygens (including phenoxy) is 2. The normalized spacial score (nSPS) is 11.9. The molecule has 0 saturated carbocycles. The summed E-state index contributed by atoms with van der Waals surface area (Å²) in [5.41, 5.74) is 3.23. The van der Waals surface area contributed by atoms with Crippen molar-refractivity contribution in [2.75, 3.05) is 7.11 Å². The second-order valence-corrected chi connectivity index (χ2v) is 7.38. The van der Waals surface area contributed by atoms with Gasteiger partial charge in [0.05, 0.1) is 12.1 Å². The van der Waals surface area contributed by atoms with E-state index in [-0.39, 0.29) is 6.04 Å². The van der Waals surface area contributed by atoms with Crippen LogP contribution < -0.4 is 14.8 Å². The fourth-order valence-corrected chi connectivity index (χ4v) is 3.43. The van der Waals surface area contributed by atoms with Gasteiger partial charge in [0.25, 0.3) is 0 Å². The van der Waals surface area contributed by atoms with Gasteiger partial charge in [0.15, 0.2) is 11.5 Å². The topological polar surface area (TPSA) is 30.5 Å². The molecule has 0 aliphatic carbocycles. The quantitative estimate of drug-likeness (QED) is 0.459. The van der Waals surface area contributed by atoms with Crippen LogP contribution in [0.2, 0.25) is 10.0 Å². The monoisotopic (exact) mass is 415 g/mol. The van der Waals surface area contributed by atoms with Crippen LogP contribution in [-0.4, -0.2) is 7.11 Å². The lowest BCUT2D eigenvalue weighted by Crippen LogP contribution is -2.18. The molecular weight excluding hydrogens is 393 g/mol. The molecule has 0 spiro atoms. The summed E-state index contributed by atoms with van der Waals surface area (Å²) < 4.78 is 11.4. The Bertz CT molecular complexity index is 916. The van der Waals surface area contributed by atoms with Crippen LogP contribution in [0.3, 0.4) is 0 Å². The molecule has 3 nitrogen and oxygen atoms in total. The van der Waals surface area contributed by atoms with E-state index in [0.29, 0.717) is 34.7 Å². The van der Waals surface area contributed by atoms with Gasteiger partial charge >= 0.3 is 0 Å². The smallest absolute Gasteiger partial charge is 0.180 e. The average molecular weight is 416 g/mol. The molecule has 5 heteroatoms. The van der Waals surface area contributed by atoms with E-state index in [1.807, 2.05) is 54.6 Å². The molecule has 0 bridgehead atoms. The second-order valence-electron chi connectivity index (χ2n) is 6.54. The van der Waals surface area contributed by atoms with E-state index in [1.165, 1.54) is 5.56 Å². The summed E-state index contributed by atoms with van der Waals surface area (Å²) in [4.78, 5) is 0. The lowest BCUT2D eigenvalue weighted by Gasteiger charge is -2.17. The molecule has 3 aromatic carbocycles. The summed E-state index contributed by atoms with van der Waals surface area (Å²) >= 11 is 12.5. The van der Waals surface area contributed by atoms with E-state index in [0.717, 1.165) is 11.1 Å². The summed E-state index contributed by atoms with van der Waals surface area (Å²) in [6.07, 6.45) is 0. The molecule has 1 atom stereocenters. The molecule has 0 saturated heterocycles. The van der Waals surface area contributed by atoms with Gasteiger partial charge < -0.3 is 14.8 Å². The molecule has 3 aromatic rings. The SMILES string of the molecule is COc1cc(CN[C@H](C)c2ccccc2)cc(Cl)c1OCc1cccc(Cl)c1. The standard InChI is InChI=1S/C23H23Cl2NO2/c1-16(19-8-4-3-5-9-19)26-14-18-12-21(25)23(22(13-18)27-2)28-15-17-7-6-10-20(24)11-17/h3-13,16,26H,14-15H2,1-2H3/t16-/m1/s1. The third kappa shape index (κ3) is 5.41. The first-order valence-corrected chi connectivity index (χ1v) is 9.84. The van der Waals surface area contributed by atoms with E-state index in [1.54, 1.807) is 7.11 Å². The van der Waals surface area contributed by atoms with Crippen LogP contribution in [0.15, 0.2) is 66.7 Å². The molecule has 3 rings (SSSR count). The zero-order valence-electron chi connectivity index (χ0n) is 15.9. The minimum Gasteiger partial charge on any atom is -0.493 e. The Balaban J connectivity index is 1.68. The van der Waals surface area contributed by atoms with Crippen LogP contribution in [0, 0.1) is 0 Å². The third-order valence-electron chi connectivity index (χ3n) is 4.47. The molecule has 0 radical (unpaired) electrons. The van der Waals surface area contributed by atoms with Crippen LogP contribution in [0.1, 0.15) is 29.7 Å². The molecule has 0 unspecified atom stereocenters. The number of hydrogen-bond acceptors (Lipinski definition) is 3. The predicted molar refractivity (Wildman–Crippen MR) is 115 cm³/mol. The van der Waals surface area contributed by atoms with Gasteiger partial charge in [-0.1, -0.05) is 65.7 Å². The highest BCUT2D eigenvalue weighted by atomic mass is 35.5. The van der Waals surface area contributed by atoms with Crippen LogP contribution in [0.5, 0.6) is 11.5 Å². The molecule has 0 aliphatic rings. The molecular formula is C23H23Cl2NO2. The Labute approximate surface area is 176 Å². The Morgan fingerprint density at radius 1 is 0.929 bits per heavy atom. The number of halogens is 2. The minimum absolute atomic E-state index is 0.227. The summed E-state index contributed by atoms with van der Waals surface area (Å²) in [5, 5.41) is 4.70. The summed E-state index contributed by atoms with van der Waals surface area (Å²) in [7, 11) is 1.61. The molecule has 146 valence electrons. The van der Waals surface area contributed by atoms with Crippen LogP contribution in [0.4, 0.5) is 0 Å². The number of methoxy groups -OCH3 is 1. The fourth-order valence-electron chi connectivity index (χ4n) is 2.93. The van der Waals surface area contributed by atoms with Crippen molar-refractivity contribution in [1.82, 2.24) is 5.32 Å². The van der Waals surface area contributed by atoms with Crippen LogP contribution in [-0.2, 0) is 13.2 Å². The van der Waals surface area contributed by atoms with Gasteiger partial charge in [0, 0.05) is 17.6 Å². The maximum atomic E-state index is 6.48.